The molecule has 2 aromatic rings. The lowest BCUT2D eigenvalue weighted by Gasteiger charge is -1.93. The van der Waals surface area contributed by atoms with Crippen LogP contribution in [0.15, 0.2) is 23.1 Å². The van der Waals surface area contributed by atoms with E-state index in [2.05, 4.69) is 12.6 Å². The molecule has 0 bridgehead atoms. The summed E-state index contributed by atoms with van der Waals surface area (Å²) >= 11 is 5.60. The van der Waals surface area contributed by atoms with Crippen molar-refractivity contribution in [3.63, 3.8) is 0 Å². The van der Waals surface area contributed by atoms with Gasteiger partial charge in [0.25, 0.3) is 0 Å². The third kappa shape index (κ3) is 1.17. The fraction of sp³-hybridized carbons (Fsp3) is 0. The highest BCUT2D eigenvalue weighted by atomic mass is 32.1. The number of fused-ring (bicyclic) bond motifs is 1. The van der Waals surface area contributed by atoms with E-state index in [1.54, 1.807) is 0 Å². The van der Waals surface area contributed by atoms with Crippen molar-refractivity contribution in [3.8, 4) is 12.1 Å². The quantitative estimate of drug-likeness (QED) is 0.688. The molecule has 0 aliphatic carbocycles. The lowest BCUT2D eigenvalue weighted by molar-refractivity contribution is 1.47. The molecule has 14 heavy (non-hydrogen) atoms. The number of thiol groups is 1. The number of hydrogen-bond acceptors (Lipinski definition) is 4. The van der Waals surface area contributed by atoms with E-state index < -0.39 is 0 Å². The molecule has 0 N–H and O–H groups in total. The normalized spacial score (nSPS) is 9.64. The van der Waals surface area contributed by atoms with Gasteiger partial charge in [0.05, 0.1) is 5.56 Å². The Kier molecular flexibility index (Phi) is 2.17. The summed E-state index contributed by atoms with van der Waals surface area (Å²) in [7, 11) is 0. The van der Waals surface area contributed by atoms with Crippen LogP contribution in [0.2, 0.25) is 0 Å². The molecule has 0 aliphatic heterocycles. The van der Waals surface area contributed by atoms with Gasteiger partial charge in [0.15, 0.2) is 0 Å². The fourth-order valence-electron chi connectivity index (χ4n) is 1.32. The lowest BCUT2D eigenvalue weighted by atomic mass is 10.1. The first-order chi connectivity index (χ1) is 6.77. The van der Waals surface area contributed by atoms with Crippen LogP contribution in [-0.2, 0) is 0 Å². The first-order valence-corrected chi connectivity index (χ1v) is 5.09. The van der Waals surface area contributed by atoms with Crippen molar-refractivity contribution >= 4 is 34.1 Å². The van der Waals surface area contributed by atoms with Gasteiger partial charge in [-0.15, -0.1) is 24.0 Å². The Hall–Kier alpha value is -1.49. The standard InChI is InChI=1S/C10H4N2S2/c11-4-6-9(5-12)14-8-3-1-2-7(13)10(6)8/h1-3,13H. The topological polar surface area (TPSA) is 47.6 Å². The second kappa shape index (κ2) is 3.34. The second-order valence-corrected chi connectivity index (χ2v) is 4.21. The van der Waals surface area contributed by atoms with Crippen molar-refractivity contribution in [3.05, 3.63) is 28.6 Å². The largest absolute Gasteiger partial charge is 0.192 e. The number of hydrogen-bond donors (Lipinski definition) is 1. The molecule has 0 unspecified atom stereocenters. The molecule has 0 atom stereocenters. The minimum atomic E-state index is 0.443. The summed E-state index contributed by atoms with van der Waals surface area (Å²) in [5.41, 5.74) is 0.443. The predicted molar refractivity (Wildman–Crippen MR) is 58.5 cm³/mol. The van der Waals surface area contributed by atoms with Crippen LogP contribution < -0.4 is 0 Å². The van der Waals surface area contributed by atoms with Gasteiger partial charge in [-0.1, -0.05) is 6.07 Å². The van der Waals surface area contributed by atoms with Gasteiger partial charge in [-0.2, -0.15) is 10.5 Å². The zero-order valence-electron chi connectivity index (χ0n) is 6.98. The van der Waals surface area contributed by atoms with E-state index in [0.29, 0.717) is 10.4 Å². The van der Waals surface area contributed by atoms with Crippen molar-refractivity contribution in [1.29, 1.82) is 10.5 Å². The highest BCUT2D eigenvalue weighted by Crippen LogP contribution is 2.34. The number of nitriles is 2. The van der Waals surface area contributed by atoms with Gasteiger partial charge in [-0.25, -0.2) is 0 Å². The van der Waals surface area contributed by atoms with Crippen LogP contribution in [-0.4, -0.2) is 0 Å². The second-order valence-electron chi connectivity index (χ2n) is 2.68. The van der Waals surface area contributed by atoms with Gasteiger partial charge < -0.3 is 0 Å². The molecular formula is C10H4N2S2. The molecule has 1 aromatic heterocycles. The first-order valence-electron chi connectivity index (χ1n) is 3.82. The van der Waals surface area contributed by atoms with Gasteiger partial charge in [0.2, 0.25) is 0 Å². The summed E-state index contributed by atoms with van der Waals surface area (Å²) in [6.45, 7) is 0. The van der Waals surface area contributed by atoms with E-state index in [0.717, 1.165) is 15.0 Å². The van der Waals surface area contributed by atoms with E-state index >= 15 is 0 Å². The Balaban J connectivity index is 2.99. The SMILES string of the molecule is N#Cc1sc2cccc(S)c2c1C#N. The molecule has 0 saturated carbocycles. The molecule has 0 fully saturated rings. The van der Waals surface area contributed by atoms with Crippen LogP contribution >= 0.6 is 24.0 Å². The lowest BCUT2D eigenvalue weighted by Crippen LogP contribution is -1.76. The molecule has 0 saturated heterocycles. The van der Waals surface area contributed by atoms with Crippen LogP contribution in [0.3, 0.4) is 0 Å². The highest BCUT2D eigenvalue weighted by molar-refractivity contribution is 7.80. The molecule has 0 radical (unpaired) electrons. The summed E-state index contributed by atoms with van der Waals surface area (Å²) in [4.78, 5) is 1.21. The van der Waals surface area contributed by atoms with Crippen LogP contribution in [0.1, 0.15) is 10.4 Å². The summed E-state index contributed by atoms with van der Waals surface area (Å²) in [5.74, 6) is 0. The summed E-state index contributed by atoms with van der Waals surface area (Å²) < 4.78 is 0.936. The molecule has 0 spiro atoms. The molecule has 0 amide bonds. The molecule has 4 heteroatoms. The number of nitrogens with zero attached hydrogens (tertiary/aromatic N) is 2. The van der Waals surface area contributed by atoms with Gasteiger partial charge in [-0.05, 0) is 12.1 Å². The first kappa shape index (κ1) is 9.08. The van der Waals surface area contributed by atoms with Gasteiger partial charge in [0, 0.05) is 15.0 Å². The van der Waals surface area contributed by atoms with Crippen LogP contribution in [0, 0.1) is 22.7 Å². The molecule has 0 aliphatic rings. The van der Waals surface area contributed by atoms with E-state index in [-0.39, 0.29) is 0 Å². The van der Waals surface area contributed by atoms with Crippen molar-refractivity contribution in [2.75, 3.05) is 0 Å². The minimum Gasteiger partial charge on any atom is -0.192 e. The Bertz CT molecular complexity index is 584. The average molecular weight is 216 g/mol. The zero-order valence-corrected chi connectivity index (χ0v) is 8.69. The Morgan fingerprint density at radius 1 is 1.21 bits per heavy atom. The summed E-state index contributed by atoms with van der Waals surface area (Å²) in [6.07, 6.45) is 0. The van der Waals surface area contributed by atoms with Crippen molar-refractivity contribution in [1.82, 2.24) is 0 Å². The fourth-order valence-corrected chi connectivity index (χ4v) is 2.69. The highest BCUT2D eigenvalue weighted by Gasteiger charge is 2.12. The molecule has 2 nitrogen and oxygen atoms in total. The maximum atomic E-state index is 8.93. The van der Waals surface area contributed by atoms with E-state index in [4.69, 9.17) is 10.5 Å². The maximum absolute atomic E-state index is 8.93. The molecule has 66 valence electrons. The van der Waals surface area contributed by atoms with Crippen LogP contribution in [0.25, 0.3) is 10.1 Å². The summed E-state index contributed by atoms with van der Waals surface area (Å²) in [6, 6.07) is 9.65. The third-order valence-electron chi connectivity index (χ3n) is 1.91. The van der Waals surface area contributed by atoms with E-state index in [1.165, 1.54) is 11.3 Å². The Morgan fingerprint density at radius 3 is 2.64 bits per heavy atom. The van der Waals surface area contributed by atoms with E-state index in [9.17, 15) is 0 Å². The monoisotopic (exact) mass is 216 g/mol. The average Bonchev–Trinajstić information content (AvgIpc) is 2.56. The maximum Gasteiger partial charge on any atom is 0.123 e. The van der Waals surface area contributed by atoms with Crippen LogP contribution in [0.4, 0.5) is 0 Å². The zero-order chi connectivity index (χ0) is 10.1. The van der Waals surface area contributed by atoms with Gasteiger partial charge in [0.1, 0.15) is 17.0 Å². The van der Waals surface area contributed by atoms with Crippen molar-refractivity contribution in [2.24, 2.45) is 0 Å². The molecule has 1 aromatic carbocycles. The van der Waals surface area contributed by atoms with Crippen molar-refractivity contribution in [2.45, 2.75) is 4.90 Å². The Labute approximate surface area is 90.4 Å². The van der Waals surface area contributed by atoms with Gasteiger partial charge in [-0.3, -0.25) is 0 Å². The Morgan fingerprint density at radius 2 is 2.00 bits per heavy atom. The third-order valence-corrected chi connectivity index (χ3v) is 3.34. The predicted octanol–water partition coefficient (Wildman–Crippen LogP) is 2.93. The minimum absolute atomic E-state index is 0.443. The number of rotatable bonds is 0. The van der Waals surface area contributed by atoms with E-state index in [1.807, 2.05) is 30.3 Å². The number of thiophene rings is 1. The van der Waals surface area contributed by atoms with Gasteiger partial charge >= 0.3 is 0 Å². The molecule has 1 heterocycles. The molecular weight excluding hydrogens is 212 g/mol. The van der Waals surface area contributed by atoms with Crippen molar-refractivity contribution < 1.29 is 0 Å². The number of benzene rings is 1. The van der Waals surface area contributed by atoms with Crippen LogP contribution in [0.5, 0.6) is 0 Å². The summed E-state index contributed by atoms with van der Waals surface area (Å²) in [5, 5.41) is 18.5. The smallest absolute Gasteiger partial charge is 0.123 e. The molecule has 2 rings (SSSR count).